The Balaban J connectivity index is 1.45. The van der Waals surface area contributed by atoms with Gasteiger partial charge in [-0.3, -0.25) is 9.55 Å². The summed E-state index contributed by atoms with van der Waals surface area (Å²) in [5.41, 5.74) is 1.58. The summed E-state index contributed by atoms with van der Waals surface area (Å²) >= 11 is 1.37. The fraction of sp³-hybridized carbons (Fsp3) is 0.381. The monoisotopic (exact) mass is 430 g/mol. The third-order valence-corrected chi connectivity index (χ3v) is 5.77. The van der Waals surface area contributed by atoms with Crippen molar-refractivity contribution in [2.24, 2.45) is 0 Å². The van der Waals surface area contributed by atoms with E-state index in [0.29, 0.717) is 23.3 Å². The fourth-order valence-corrected chi connectivity index (χ4v) is 4.06. The number of hydrogen-bond acceptors (Lipinski definition) is 7. The number of aromatic nitrogens is 4. The van der Waals surface area contributed by atoms with Gasteiger partial charge in [-0.1, -0.05) is 11.8 Å². The van der Waals surface area contributed by atoms with Crippen LogP contribution in [0.15, 0.2) is 53.9 Å². The Hall–Kier alpha value is -2.33. The van der Waals surface area contributed by atoms with Crippen molar-refractivity contribution < 1.29 is 19.0 Å². The molecule has 9 heteroatoms. The van der Waals surface area contributed by atoms with Gasteiger partial charge in [0, 0.05) is 36.0 Å². The highest BCUT2D eigenvalue weighted by Crippen LogP contribution is 2.28. The number of hydrogen-bond donors (Lipinski definition) is 1. The number of nitrogens with zero attached hydrogens (tertiary/aromatic N) is 4. The van der Waals surface area contributed by atoms with Crippen LogP contribution in [0.3, 0.4) is 0 Å². The molecule has 7 nitrogen and oxygen atoms in total. The zero-order valence-electron chi connectivity index (χ0n) is 16.4. The van der Waals surface area contributed by atoms with Crippen LogP contribution in [0.25, 0.3) is 17.1 Å². The first kappa shape index (κ1) is 20.9. The van der Waals surface area contributed by atoms with Crippen LogP contribution in [0.5, 0.6) is 0 Å². The van der Waals surface area contributed by atoms with Crippen LogP contribution in [-0.4, -0.2) is 62.6 Å². The summed E-state index contributed by atoms with van der Waals surface area (Å²) in [7, 11) is 0. The maximum Gasteiger partial charge on any atom is 0.196 e. The van der Waals surface area contributed by atoms with E-state index in [2.05, 4.69) is 15.2 Å². The average Bonchev–Trinajstić information content (AvgIpc) is 3.43. The number of benzene rings is 1. The van der Waals surface area contributed by atoms with E-state index in [1.807, 2.05) is 16.7 Å². The van der Waals surface area contributed by atoms with Crippen LogP contribution in [0.2, 0.25) is 0 Å². The smallest absolute Gasteiger partial charge is 0.196 e. The molecule has 3 heterocycles. The Kier molecular flexibility index (Phi) is 7.06. The van der Waals surface area contributed by atoms with E-state index in [0.717, 1.165) is 30.7 Å². The van der Waals surface area contributed by atoms with Gasteiger partial charge in [0.2, 0.25) is 0 Å². The van der Waals surface area contributed by atoms with Gasteiger partial charge < -0.3 is 14.6 Å². The summed E-state index contributed by atoms with van der Waals surface area (Å²) in [6, 6.07) is 9.82. The molecule has 3 aromatic rings. The Morgan fingerprint density at radius 2 is 2.00 bits per heavy atom. The lowest BCUT2D eigenvalue weighted by Gasteiger charge is -2.14. The molecule has 1 aliphatic heterocycles. The van der Waals surface area contributed by atoms with Crippen molar-refractivity contribution >= 4 is 11.8 Å². The van der Waals surface area contributed by atoms with E-state index < -0.39 is 6.10 Å². The maximum absolute atomic E-state index is 13.4. The lowest BCUT2D eigenvalue weighted by molar-refractivity contribution is -0.0114. The second-order valence-corrected chi connectivity index (χ2v) is 7.98. The number of thioether (sulfide) groups is 1. The van der Waals surface area contributed by atoms with Crippen molar-refractivity contribution in [2.75, 3.05) is 25.6 Å². The molecule has 0 saturated carbocycles. The van der Waals surface area contributed by atoms with Gasteiger partial charge in [-0.15, -0.1) is 10.2 Å². The molecule has 2 atom stereocenters. The van der Waals surface area contributed by atoms with Crippen molar-refractivity contribution in [3.8, 4) is 17.1 Å². The van der Waals surface area contributed by atoms with E-state index in [1.165, 1.54) is 23.9 Å². The molecule has 1 fully saturated rings. The molecule has 158 valence electrons. The number of ether oxygens (including phenoxy) is 2. The van der Waals surface area contributed by atoms with Crippen LogP contribution in [0, 0.1) is 5.82 Å². The van der Waals surface area contributed by atoms with Crippen molar-refractivity contribution in [3.63, 3.8) is 0 Å². The molecule has 1 aliphatic rings. The number of rotatable bonds is 9. The number of pyridine rings is 1. The molecule has 1 saturated heterocycles. The molecule has 0 amide bonds. The predicted octanol–water partition coefficient (Wildman–Crippen LogP) is 3.12. The predicted molar refractivity (Wildman–Crippen MR) is 111 cm³/mol. The molecule has 1 N–H and O–H groups in total. The van der Waals surface area contributed by atoms with E-state index >= 15 is 0 Å². The van der Waals surface area contributed by atoms with Crippen LogP contribution in [0.1, 0.15) is 12.8 Å². The molecule has 0 aliphatic carbocycles. The molecular weight excluding hydrogens is 407 g/mol. The molecule has 0 spiro atoms. The van der Waals surface area contributed by atoms with Crippen molar-refractivity contribution in [3.05, 3.63) is 54.6 Å². The average molecular weight is 431 g/mol. The molecule has 4 rings (SSSR count). The minimum Gasteiger partial charge on any atom is -0.390 e. The SMILES string of the molecule is O[C@@H](COC[C@@H]1CCCO1)CSc1nnc(-c2ccncc2)n1-c1ccc(F)cc1. The van der Waals surface area contributed by atoms with E-state index in [9.17, 15) is 9.50 Å². The Labute approximate surface area is 178 Å². The number of halogens is 1. The fourth-order valence-electron chi connectivity index (χ4n) is 3.20. The van der Waals surface area contributed by atoms with Crippen molar-refractivity contribution in [2.45, 2.75) is 30.2 Å². The van der Waals surface area contributed by atoms with Gasteiger partial charge in [-0.05, 0) is 49.2 Å². The summed E-state index contributed by atoms with van der Waals surface area (Å²) in [6.45, 7) is 1.51. The van der Waals surface area contributed by atoms with Crippen molar-refractivity contribution in [1.82, 2.24) is 19.7 Å². The largest absolute Gasteiger partial charge is 0.390 e. The highest BCUT2D eigenvalue weighted by molar-refractivity contribution is 7.99. The molecule has 0 unspecified atom stereocenters. The van der Waals surface area contributed by atoms with Crippen LogP contribution in [0.4, 0.5) is 4.39 Å². The number of aliphatic hydroxyl groups is 1. The minimum absolute atomic E-state index is 0.134. The first-order chi connectivity index (χ1) is 14.7. The van der Waals surface area contributed by atoms with Gasteiger partial charge in [0.05, 0.1) is 25.4 Å². The van der Waals surface area contributed by atoms with Crippen LogP contribution in [-0.2, 0) is 9.47 Å². The highest BCUT2D eigenvalue weighted by atomic mass is 32.2. The molecule has 30 heavy (non-hydrogen) atoms. The van der Waals surface area contributed by atoms with Gasteiger partial charge in [-0.25, -0.2) is 4.39 Å². The standard InChI is InChI=1S/C21H23FN4O3S/c22-16-3-5-17(6-4-16)26-20(15-7-9-23-10-8-15)24-25-21(26)30-14-18(27)12-28-13-19-2-1-11-29-19/h3-10,18-19,27H,1-2,11-14H2/t18-,19-/m0/s1. The quantitative estimate of drug-likeness (QED) is 0.522. The van der Waals surface area contributed by atoms with Gasteiger partial charge in [0.15, 0.2) is 11.0 Å². The molecule has 0 bridgehead atoms. The van der Waals surface area contributed by atoms with Crippen LogP contribution < -0.4 is 0 Å². The zero-order chi connectivity index (χ0) is 20.8. The number of aliphatic hydroxyl groups excluding tert-OH is 1. The second-order valence-electron chi connectivity index (χ2n) is 6.99. The molecular formula is C21H23FN4O3S. The Morgan fingerprint density at radius 1 is 1.20 bits per heavy atom. The van der Waals surface area contributed by atoms with Crippen LogP contribution >= 0.6 is 11.8 Å². The first-order valence-electron chi connectivity index (χ1n) is 9.82. The second kappa shape index (κ2) is 10.1. The van der Waals surface area contributed by atoms with E-state index in [4.69, 9.17) is 9.47 Å². The van der Waals surface area contributed by atoms with E-state index in [1.54, 1.807) is 24.5 Å². The van der Waals surface area contributed by atoms with Gasteiger partial charge in [0.25, 0.3) is 0 Å². The van der Waals surface area contributed by atoms with Gasteiger partial charge >= 0.3 is 0 Å². The lowest BCUT2D eigenvalue weighted by Crippen LogP contribution is -2.22. The summed E-state index contributed by atoms with van der Waals surface area (Å²) in [5.74, 6) is 0.696. The lowest BCUT2D eigenvalue weighted by atomic mass is 10.2. The third kappa shape index (κ3) is 5.23. The summed E-state index contributed by atoms with van der Waals surface area (Å²) in [4.78, 5) is 4.04. The Bertz CT molecular complexity index is 933. The summed E-state index contributed by atoms with van der Waals surface area (Å²) < 4.78 is 26.4. The molecule has 2 aromatic heterocycles. The normalized spacial score (nSPS) is 17.3. The summed E-state index contributed by atoms with van der Waals surface area (Å²) in [6.07, 6.45) is 4.91. The van der Waals surface area contributed by atoms with Gasteiger partial charge in [-0.2, -0.15) is 0 Å². The molecule has 0 radical (unpaired) electrons. The topological polar surface area (TPSA) is 82.3 Å². The molecule has 1 aromatic carbocycles. The summed E-state index contributed by atoms with van der Waals surface area (Å²) in [5, 5.41) is 19.5. The van der Waals surface area contributed by atoms with Gasteiger partial charge in [0.1, 0.15) is 5.82 Å². The first-order valence-corrected chi connectivity index (χ1v) is 10.8. The zero-order valence-corrected chi connectivity index (χ0v) is 17.2. The highest BCUT2D eigenvalue weighted by Gasteiger charge is 2.19. The third-order valence-electron chi connectivity index (χ3n) is 4.70. The Morgan fingerprint density at radius 3 is 2.73 bits per heavy atom. The van der Waals surface area contributed by atoms with E-state index in [-0.39, 0.29) is 18.5 Å². The minimum atomic E-state index is -0.654. The van der Waals surface area contributed by atoms with Crippen molar-refractivity contribution in [1.29, 1.82) is 0 Å². The maximum atomic E-state index is 13.4.